The van der Waals surface area contributed by atoms with Crippen molar-refractivity contribution in [2.75, 3.05) is 33.1 Å². The van der Waals surface area contributed by atoms with Crippen molar-refractivity contribution in [2.24, 2.45) is 0 Å². The van der Waals surface area contributed by atoms with Crippen LogP contribution in [-0.2, 0) is 33.5 Å². The van der Waals surface area contributed by atoms with Gasteiger partial charge in [-0.05, 0) is 44.5 Å². The minimum Gasteiger partial charge on any atom is -0.493 e. The molecule has 0 spiro atoms. The lowest BCUT2D eigenvalue weighted by Gasteiger charge is -2.13. The maximum atomic E-state index is 13.1. The highest BCUT2D eigenvalue weighted by Gasteiger charge is 2.38. The van der Waals surface area contributed by atoms with Crippen LogP contribution in [0.3, 0.4) is 0 Å². The molecule has 0 saturated carbocycles. The van der Waals surface area contributed by atoms with Gasteiger partial charge in [0.25, 0.3) is 17.6 Å². The largest absolute Gasteiger partial charge is 0.493 e. The number of hydrogen-bond acceptors (Lipinski definition) is 6. The number of aryl methyl sites for hydroxylation is 1. The fraction of sp³-hybridized carbons (Fsp3) is 0.423. The zero-order valence-corrected chi connectivity index (χ0v) is 22.3. The number of imide groups is 1. The number of carbonyl (C=O) groups is 2. The predicted octanol–water partition coefficient (Wildman–Crippen LogP) is 3.38. The van der Waals surface area contributed by atoms with E-state index in [1.165, 1.54) is 4.90 Å². The van der Waals surface area contributed by atoms with Crippen LogP contribution >= 0.6 is 7.60 Å². The number of imidazole rings is 1. The molecule has 11 heteroatoms. The summed E-state index contributed by atoms with van der Waals surface area (Å²) in [4.78, 5) is 37.2. The summed E-state index contributed by atoms with van der Waals surface area (Å²) in [6.45, 7) is 5.88. The first kappa shape index (κ1) is 27.0. The van der Waals surface area contributed by atoms with E-state index in [0.717, 1.165) is 16.9 Å². The smallest absolute Gasteiger partial charge is 0.328 e. The lowest BCUT2D eigenvalue weighted by atomic mass is 10.1. The number of carbonyl (C=O) groups excluding carboxylic acids is 2. The van der Waals surface area contributed by atoms with Gasteiger partial charge in [-0.2, -0.15) is 0 Å². The molecule has 1 aromatic heterocycles. The third kappa shape index (κ3) is 5.62. The number of methoxy groups -OCH3 is 1. The molecule has 1 unspecified atom stereocenters. The monoisotopic (exact) mass is 530 g/mol. The van der Waals surface area contributed by atoms with Crippen molar-refractivity contribution in [1.82, 2.24) is 9.47 Å². The molecule has 0 radical (unpaired) electrons. The summed E-state index contributed by atoms with van der Waals surface area (Å²) >= 11 is 0. The number of amides is 2. The molecule has 0 bridgehead atoms. The fourth-order valence-electron chi connectivity index (χ4n) is 4.66. The fourth-order valence-corrected chi connectivity index (χ4v) is 5.72. The maximum absolute atomic E-state index is 13.1. The molecule has 0 aliphatic carbocycles. The van der Waals surface area contributed by atoms with Gasteiger partial charge in [0.15, 0.2) is 11.0 Å². The summed E-state index contributed by atoms with van der Waals surface area (Å²) in [5.74, 6) is 0.822. The number of rotatable bonds is 13. The summed E-state index contributed by atoms with van der Waals surface area (Å²) in [7, 11) is -1.95. The normalized spacial score (nSPS) is 14.9. The van der Waals surface area contributed by atoms with Gasteiger partial charge in [-0.1, -0.05) is 12.1 Å². The van der Waals surface area contributed by atoms with E-state index in [2.05, 4.69) is 9.13 Å². The van der Waals surface area contributed by atoms with Crippen molar-refractivity contribution in [3.05, 3.63) is 59.4 Å². The molecule has 10 nitrogen and oxygen atoms in total. The van der Waals surface area contributed by atoms with E-state index >= 15 is 0 Å². The Kier molecular flexibility index (Phi) is 8.44. The molecule has 1 N–H and O–H groups in total. The molecule has 2 heterocycles. The quantitative estimate of drug-likeness (QED) is 0.156. The zero-order chi connectivity index (χ0) is 26.6. The van der Waals surface area contributed by atoms with E-state index in [1.807, 2.05) is 25.1 Å². The number of benzene rings is 2. The Morgan fingerprint density at radius 2 is 1.73 bits per heavy atom. The number of ether oxygens (including phenoxy) is 2. The van der Waals surface area contributed by atoms with E-state index in [4.69, 9.17) is 14.0 Å². The number of hydrogen-bond donors (Lipinski definition) is 1. The van der Waals surface area contributed by atoms with E-state index < -0.39 is 7.60 Å². The van der Waals surface area contributed by atoms with Crippen molar-refractivity contribution in [2.45, 2.75) is 39.9 Å². The molecule has 2 aromatic carbocycles. The van der Waals surface area contributed by atoms with Gasteiger partial charge in [0.1, 0.15) is 18.8 Å². The van der Waals surface area contributed by atoms with Crippen LogP contribution in [0.2, 0.25) is 0 Å². The Hall–Kier alpha value is -3.04. The van der Waals surface area contributed by atoms with Crippen LogP contribution in [0.25, 0.3) is 11.0 Å². The Morgan fingerprint density at radius 3 is 2.35 bits per heavy atom. The van der Waals surface area contributed by atoms with E-state index in [-0.39, 0.29) is 37.7 Å². The van der Waals surface area contributed by atoms with Crippen LogP contribution in [0.4, 0.5) is 0 Å². The summed E-state index contributed by atoms with van der Waals surface area (Å²) in [6.07, 6.45) is 0.398. The van der Waals surface area contributed by atoms with E-state index in [9.17, 15) is 19.0 Å². The highest BCUT2D eigenvalue weighted by Crippen LogP contribution is 2.42. The summed E-state index contributed by atoms with van der Waals surface area (Å²) in [6, 6.07) is 12.6. The van der Waals surface area contributed by atoms with E-state index in [0.29, 0.717) is 43.0 Å². The van der Waals surface area contributed by atoms with Crippen LogP contribution in [-0.4, -0.2) is 59.3 Å². The molecule has 2 amide bonds. The number of aromatic nitrogens is 2. The van der Waals surface area contributed by atoms with Gasteiger partial charge in [-0.25, -0.2) is 9.13 Å². The minimum absolute atomic E-state index is 0.0237. The molecule has 1 aliphatic rings. The first-order valence-electron chi connectivity index (χ1n) is 12.4. The summed E-state index contributed by atoms with van der Waals surface area (Å²) < 4.78 is 32.1. The Balaban J connectivity index is 1.61. The molecular weight excluding hydrogens is 497 g/mol. The average molecular weight is 531 g/mol. The second-order valence-corrected chi connectivity index (χ2v) is 10.7. The van der Waals surface area contributed by atoms with Crippen molar-refractivity contribution >= 4 is 30.4 Å². The Bertz CT molecular complexity index is 1320. The number of fused-ring (bicyclic) bond motifs is 2. The van der Waals surface area contributed by atoms with Crippen molar-refractivity contribution in [1.29, 1.82) is 0 Å². The van der Waals surface area contributed by atoms with Gasteiger partial charge in [0.2, 0.25) is 0 Å². The predicted molar refractivity (Wildman–Crippen MR) is 137 cm³/mol. The van der Waals surface area contributed by atoms with Crippen LogP contribution < -0.4 is 9.30 Å². The molecule has 0 saturated heterocycles. The Labute approximate surface area is 215 Å². The molecule has 1 aliphatic heterocycles. The van der Waals surface area contributed by atoms with Crippen LogP contribution in [0.1, 0.15) is 46.8 Å². The lowest BCUT2D eigenvalue weighted by molar-refractivity contribution is -0.682. The summed E-state index contributed by atoms with van der Waals surface area (Å²) in [5.41, 5.74) is 2.66. The van der Waals surface area contributed by atoms with Crippen LogP contribution in [0.5, 0.6) is 5.75 Å². The number of nitrogens with zero attached hydrogens (tertiary/aromatic N) is 3. The third-order valence-corrected chi connectivity index (χ3v) is 7.89. The third-order valence-electron chi connectivity index (χ3n) is 6.35. The van der Waals surface area contributed by atoms with Gasteiger partial charge >= 0.3 is 7.60 Å². The second-order valence-electron chi connectivity index (χ2n) is 8.68. The average Bonchev–Trinajstić information content (AvgIpc) is 3.31. The van der Waals surface area contributed by atoms with E-state index in [1.54, 1.807) is 38.3 Å². The van der Waals surface area contributed by atoms with Crippen molar-refractivity contribution < 1.29 is 37.6 Å². The van der Waals surface area contributed by atoms with Gasteiger partial charge in [-0.15, -0.1) is 0 Å². The molecule has 4 rings (SSSR count). The van der Waals surface area contributed by atoms with Crippen LogP contribution in [0.15, 0.2) is 42.5 Å². The minimum atomic E-state index is -3.59. The molecule has 198 valence electrons. The molecule has 37 heavy (non-hydrogen) atoms. The highest BCUT2D eigenvalue weighted by molar-refractivity contribution is 7.52. The zero-order valence-electron chi connectivity index (χ0n) is 21.4. The lowest BCUT2D eigenvalue weighted by Crippen LogP contribution is -2.43. The topological polar surface area (TPSA) is 111 Å². The van der Waals surface area contributed by atoms with Gasteiger partial charge in [0.05, 0.1) is 43.7 Å². The second kappa shape index (κ2) is 11.6. The first-order valence-corrected chi connectivity index (χ1v) is 14.2. The van der Waals surface area contributed by atoms with Crippen LogP contribution in [0, 0.1) is 0 Å². The first-order chi connectivity index (χ1) is 17.8. The molecular formula is C26H33N3O7P+. The molecule has 3 aromatic rings. The Morgan fingerprint density at radius 1 is 1.03 bits per heavy atom. The maximum Gasteiger partial charge on any atom is 0.328 e. The van der Waals surface area contributed by atoms with Crippen molar-refractivity contribution in [3.63, 3.8) is 0 Å². The summed E-state index contributed by atoms with van der Waals surface area (Å²) in [5, 5.41) is 0. The molecule has 1 atom stereocenters. The van der Waals surface area contributed by atoms with Gasteiger partial charge < -0.3 is 18.9 Å². The van der Waals surface area contributed by atoms with Gasteiger partial charge in [-0.3, -0.25) is 19.1 Å². The van der Waals surface area contributed by atoms with Crippen molar-refractivity contribution in [3.8, 4) is 5.75 Å². The SMILES string of the molecule is CCOP(=O)(O)CCCOc1ccc2c(c1)n(CC)c(CN1C(=O)c3ccccc3C1=O)[n+]2CCOC. The highest BCUT2D eigenvalue weighted by atomic mass is 31.2. The molecule has 0 fully saturated rings. The standard InChI is InChI=1S/C26H32N3O7P/c1-4-27-23-17-19(35-14-8-16-37(32,33)36-5-2)11-12-22(23)28(13-15-34-3)24(27)18-29-25(30)20-9-6-7-10-21(20)26(29)31/h6-7,9-12,17H,4-5,8,13-16,18H2,1-3H3/p+1. The van der Waals surface area contributed by atoms with Gasteiger partial charge in [0, 0.05) is 13.2 Å².